The number of hydrogen-bond donors (Lipinski definition) is 2. The SMILES string of the molecule is O=S(=O)(NC1CCN(c2nccc(-c3ccc[nH]3)n2)C1)c1ccc(F)cc1. The summed E-state index contributed by atoms with van der Waals surface area (Å²) in [6, 6.07) is 10.2. The first-order chi connectivity index (χ1) is 13.0. The van der Waals surface area contributed by atoms with Gasteiger partial charge in [-0.1, -0.05) is 0 Å². The molecule has 7 nitrogen and oxygen atoms in total. The number of nitrogens with one attached hydrogen (secondary N) is 2. The lowest BCUT2D eigenvalue weighted by molar-refractivity contribution is 0.560. The Balaban J connectivity index is 1.46. The third-order valence-electron chi connectivity index (χ3n) is 4.43. The summed E-state index contributed by atoms with van der Waals surface area (Å²) >= 11 is 0. The predicted octanol–water partition coefficient (Wildman–Crippen LogP) is 2.17. The maximum atomic E-state index is 13.0. The largest absolute Gasteiger partial charge is 0.360 e. The summed E-state index contributed by atoms with van der Waals surface area (Å²) in [5, 5.41) is 0. The van der Waals surface area contributed by atoms with E-state index in [2.05, 4.69) is 19.7 Å². The molecule has 3 aromatic rings. The average Bonchev–Trinajstić information content (AvgIpc) is 3.34. The van der Waals surface area contributed by atoms with E-state index in [1.165, 1.54) is 12.1 Å². The molecule has 1 aromatic carbocycles. The monoisotopic (exact) mass is 387 g/mol. The van der Waals surface area contributed by atoms with Crippen LogP contribution in [-0.2, 0) is 10.0 Å². The van der Waals surface area contributed by atoms with E-state index >= 15 is 0 Å². The summed E-state index contributed by atoms with van der Waals surface area (Å²) in [6.45, 7) is 1.11. The first kappa shape index (κ1) is 17.6. The normalized spacial score (nSPS) is 17.4. The van der Waals surface area contributed by atoms with Crippen LogP contribution in [0.15, 0.2) is 59.8 Å². The Labute approximate surface area is 156 Å². The van der Waals surface area contributed by atoms with E-state index in [0.717, 1.165) is 23.5 Å². The van der Waals surface area contributed by atoms with E-state index in [0.29, 0.717) is 25.5 Å². The highest BCUT2D eigenvalue weighted by molar-refractivity contribution is 7.89. The standard InChI is InChI=1S/C18H18FN5O2S/c19-13-3-5-15(6-4-13)27(25,26)23-14-8-11-24(12-14)18-21-10-7-17(22-18)16-2-1-9-20-16/h1-7,9-10,14,20,23H,8,11-12H2. The van der Waals surface area contributed by atoms with Crippen molar-refractivity contribution in [3.05, 3.63) is 60.7 Å². The summed E-state index contributed by atoms with van der Waals surface area (Å²) in [4.78, 5) is 14.0. The molecule has 3 heterocycles. The van der Waals surface area contributed by atoms with Crippen LogP contribution in [-0.4, -0.2) is 42.5 Å². The predicted molar refractivity (Wildman–Crippen MR) is 99.2 cm³/mol. The molecule has 0 bridgehead atoms. The van der Waals surface area contributed by atoms with Gasteiger partial charge < -0.3 is 9.88 Å². The van der Waals surface area contributed by atoms with Gasteiger partial charge in [0, 0.05) is 31.5 Å². The molecule has 1 aliphatic rings. The Bertz CT molecular complexity index is 1020. The van der Waals surface area contributed by atoms with Gasteiger partial charge in [-0.2, -0.15) is 0 Å². The van der Waals surface area contributed by atoms with Gasteiger partial charge in [0.2, 0.25) is 16.0 Å². The van der Waals surface area contributed by atoms with Gasteiger partial charge in [-0.25, -0.2) is 27.5 Å². The molecule has 2 aromatic heterocycles. The Morgan fingerprint density at radius 2 is 2.00 bits per heavy atom. The van der Waals surface area contributed by atoms with Gasteiger partial charge in [0.1, 0.15) is 5.82 Å². The second-order valence-corrected chi connectivity index (χ2v) is 8.05. The maximum absolute atomic E-state index is 13.0. The van der Waals surface area contributed by atoms with Crippen LogP contribution < -0.4 is 9.62 Å². The van der Waals surface area contributed by atoms with Crippen LogP contribution in [0.5, 0.6) is 0 Å². The third kappa shape index (κ3) is 3.83. The molecule has 9 heteroatoms. The van der Waals surface area contributed by atoms with Crippen molar-refractivity contribution in [2.45, 2.75) is 17.4 Å². The number of sulfonamides is 1. The minimum absolute atomic E-state index is 0.0485. The van der Waals surface area contributed by atoms with Crippen molar-refractivity contribution in [1.82, 2.24) is 19.7 Å². The van der Waals surface area contributed by atoms with E-state index in [1.807, 2.05) is 29.3 Å². The lowest BCUT2D eigenvalue weighted by Gasteiger charge is -2.17. The molecule has 0 radical (unpaired) electrons. The quantitative estimate of drug-likeness (QED) is 0.700. The number of benzene rings is 1. The fraction of sp³-hybridized carbons (Fsp3) is 0.222. The second kappa shape index (κ2) is 7.09. The zero-order chi connectivity index (χ0) is 18.9. The van der Waals surface area contributed by atoms with Crippen molar-refractivity contribution in [3.63, 3.8) is 0 Å². The topological polar surface area (TPSA) is 91.0 Å². The Morgan fingerprint density at radius 1 is 1.19 bits per heavy atom. The minimum Gasteiger partial charge on any atom is -0.360 e. The van der Waals surface area contributed by atoms with Crippen molar-refractivity contribution in [1.29, 1.82) is 0 Å². The van der Waals surface area contributed by atoms with Gasteiger partial charge in [0.25, 0.3) is 0 Å². The molecule has 1 atom stereocenters. The molecule has 4 rings (SSSR count). The smallest absolute Gasteiger partial charge is 0.240 e. The van der Waals surface area contributed by atoms with Crippen LogP contribution in [0, 0.1) is 5.82 Å². The highest BCUT2D eigenvalue weighted by Crippen LogP contribution is 2.21. The van der Waals surface area contributed by atoms with Crippen molar-refractivity contribution in [2.75, 3.05) is 18.0 Å². The minimum atomic E-state index is -3.70. The fourth-order valence-corrected chi connectivity index (χ4v) is 4.34. The van der Waals surface area contributed by atoms with Gasteiger partial charge in [0.05, 0.1) is 16.3 Å². The van der Waals surface area contributed by atoms with Crippen LogP contribution in [0.4, 0.5) is 10.3 Å². The van der Waals surface area contributed by atoms with Crippen LogP contribution in [0.3, 0.4) is 0 Å². The van der Waals surface area contributed by atoms with E-state index in [-0.39, 0.29) is 10.9 Å². The van der Waals surface area contributed by atoms with E-state index < -0.39 is 15.8 Å². The average molecular weight is 387 g/mol. The van der Waals surface area contributed by atoms with Gasteiger partial charge in [-0.3, -0.25) is 0 Å². The molecule has 2 N–H and O–H groups in total. The Hall–Kier alpha value is -2.78. The van der Waals surface area contributed by atoms with Crippen molar-refractivity contribution in [3.8, 4) is 11.4 Å². The lowest BCUT2D eigenvalue weighted by atomic mass is 10.3. The lowest BCUT2D eigenvalue weighted by Crippen LogP contribution is -2.37. The first-order valence-electron chi connectivity index (χ1n) is 8.51. The number of anilines is 1. The molecule has 1 fully saturated rings. The summed E-state index contributed by atoms with van der Waals surface area (Å²) in [5.41, 5.74) is 1.67. The highest BCUT2D eigenvalue weighted by Gasteiger charge is 2.28. The Kier molecular flexibility index (Phi) is 4.63. The number of aromatic amines is 1. The summed E-state index contributed by atoms with van der Waals surface area (Å²) in [6.07, 6.45) is 4.15. The molecular formula is C18H18FN5O2S. The van der Waals surface area contributed by atoms with Crippen LogP contribution in [0.2, 0.25) is 0 Å². The van der Waals surface area contributed by atoms with E-state index in [9.17, 15) is 12.8 Å². The molecular weight excluding hydrogens is 369 g/mol. The molecule has 0 saturated carbocycles. The summed E-state index contributed by atoms with van der Waals surface area (Å²) < 4.78 is 40.6. The molecule has 140 valence electrons. The fourth-order valence-electron chi connectivity index (χ4n) is 3.08. The number of halogens is 1. The van der Waals surface area contributed by atoms with Crippen LogP contribution in [0.1, 0.15) is 6.42 Å². The maximum Gasteiger partial charge on any atom is 0.240 e. The van der Waals surface area contributed by atoms with E-state index in [1.54, 1.807) is 6.20 Å². The number of rotatable bonds is 5. The molecule has 0 aliphatic carbocycles. The molecule has 0 spiro atoms. The molecule has 1 saturated heterocycles. The zero-order valence-corrected chi connectivity index (χ0v) is 15.2. The number of nitrogens with zero attached hydrogens (tertiary/aromatic N) is 3. The third-order valence-corrected chi connectivity index (χ3v) is 5.97. The summed E-state index contributed by atoms with van der Waals surface area (Å²) in [7, 11) is -3.70. The van der Waals surface area contributed by atoms with Crippen LogP contribution >= 0.6 is 0 Å². The van der Waals surface area contributed by atoms with Gasteiger partial charge in [-0.15, -0.1) is 0 Å². The van der Waals surface area contributed by atoms with Crippen LogP contribution in [0.25, 0.3) is 11.4 Å². The van der Waals surface area contributed by atoms with Gasteiger partial charge in [-0.05, 0) is 48.9 Å². The number of H-pyrrole nitrogens is 1. The van der Waals surface area contributed by atoms with Gasteiger partial charge in [0.15, 0.2) is 0 Å². The highest BCUT2D eigenvalue weighted by atomic mass is 32.2. The summed E-state index contributed by atoms with van der Waals surface area (Å²) in [5.74, 6) is 0.0886. The Morgan fingerprint density at radius 3 is 2.74 bits per heavy atom. The first-order valence-corrected chi connectivity index (χ1v) is 9.99. The number of aromatic nitrogens is 3. The van der Waals surface area contributed by atoms with Crippen molar-refractivity contribution >= 4 is 16.0 Å². The zero-order valence-electron chi connectivity index (χ0n) is 14.3. The second-order valence-electron chi connectivity index (χ2n) is 6.33. The van der Waals surface area contributed by atoms with E-state index in [4.69, 9.17) is 0 Å². The molecule has 27 heavy (non-hydrogen) atoms. The molecule has 0 amide bonds. The van der Waals surface area contributed by atoms with Crippen molar-refractivity contribution in [2.24, 2.45) is 0 Å². The molecule has 1 unspecified atom stereocenters. The van der Waals surface area contributed by atoms with Crippen molar-refractivity contribution < 1.29 is 12.8 Å². The van der Waals surface area contributed by atoms with Gasteiger partial charge >= 0.3 is 0 Å². The number of hydrogen-bond acceptors (Lipinski definition) is 5. The molecule has 1 aliphatic heterocycles.